The zero-order chi connectivity index (χ0) is 77.7. The summed E-state index contributed by atoms with van der Waals surface area (Å²) in [5, 5.41) is 7.24. The van der Waals surface area contributed by atoms with E-state index in [-0.39, 0.29) is 17.5 Å². The van der Waals surface area contributed by atoms with Crippen molar-refractivity contribution >= 4 is 132 Å². The van der Waals surface area contributed by atoms with Gasteiger partial charge in [0.05, 0.1) is 33.4 Å². The summed E-state index contributed by atoms with van der Waals surface area (Å²) < 4.78 is 7.57. The number of anilines is 6. The Labute approximate surface area is 681 Å². The van der Waals surface area contributed by atoms with Crippen molar-refractivity contribution in [3.05, 3.63) is 393 Å². The van der Waals surface area contributed by atoms with Gasteiger partial charge in [0.25, 0.3) is 6.71 Å². The summed E-state index contributed by atoms with van der Waals surface area (Å²) in [4.78, 5) is 5.56. The van der Waals surface area contributed by atoms with Gasteiger partial charge in [-0.3, -0.25) is 0 Å². The molecule has 0 saturated heterocycles. The van der Waals surface area contributed by atoms with Crippen molar-refractivity contribution in [2.75, 3.05) is 9.80 Å². The Morgan fingerprint density at radius 3 is 1.03 bits per heavy atom. The molecule has 116 heavy (non-hydrogen) atoms. The van der Waals surface area contributed by atoms with Crippen molar-refractivity contribution in [2.24, 2.45) is 0 Å². The highest BCUT2D eigenvalue weighted by molar-refractivity contribution is 7.26. The molecule has 20 aromatic rings. The van der Waals surface area contributed by atoms with E-state index >= 15 is 0 Å². The fraction of sp³-hybridized carbons (Fsp3) is 0.0727. The molecule has 0 saturated carbocycles. The molecule has 5 heterocycles. The first-order valence-electron chi connectivity index (χ1n) is 40.6. The minimum Gasteiger partial charge on any atom is -0.310 e. The molecule has 0 unspecified atom stereocenters. The standard InChI is InChI=1S/C110H81BN4S/c1-109(2,3)79-62-88(72-38-17-9-18-39-72)106(90(64-79)76-44-31-42-74(58-76)70-34-13-7-14-35-70)114-100-66-92-84-50-25-28-55-96(84)112(81-46-21-11-22-47-81)98(92)68-94(100)111-95-69-99-93(85-51-26-29-56-97(85)113(99)82-48-23-12-24-49-82)67-101(95)115(103-61-78(60-102(114)105(103)111)83-53-33-54-87-86-52-27-30-57-104(86)116-108(83)87)107-89(73-40-19-10-20-41-73)63-80(110(4,5)6)65-91(107)77-45-32-43-75(59-77)71-36-15-8-16-37-71/h7-69H,1-6H3. The Bertz CT molecular complexity index is 6950. The highest BCUT2D eigenvalue weighted by atomic mass is 32.1. The van der Waals surface area contributed by atoms with E-state index in [4.69, 9.17) is 0 Å². The molecule has 2 aliphatic heterocycles. The van der Waals surface area contributed by atoms with Crippen molar-refractivity contribution in [1.29, 1.82) is 0 Å². The molecule has 17 aromatic carbocycles. The second-order valence-electron chi connectivity index (χ2n) is 33.5. The van der Waals surface area contributed by atoms with Crippen LogP contribution in [0.1, 0.15) is 52.7 Å². The maximum atomic E-state index is 2.78. The smallest absolute Gasteiger partial charge is 0.252 e. The molecular formula is C110H81BN4S. The molecule has 0 atom stereocenters. The van der Waals surface area contributed by atoms with Gasteiger partial charge in [-0.2, -0.15) is 0 Å². The van der Waals surface area contributed by atoms with E-state index in [0.29, 0.717) is 0 Å². The van der Waals surface area contributed by atoms with Gasteiger partial charge < -0.3 is 18.9 Å². The van der Waals surface area contributed by atoms with E-state index in [1.165, 1.54) is 85.9 Å². The topological polar surface area (TPSA) is 16.3 Å². The van der Waals surface area contributed by atoms with Crippen LogP contribution in [0.15, 0.2) is 382 Å². The lowest BCUT2D eigenvalue weighted by Crippen LogP contribution is -2.61. The number of nitrogens with zero attached hydrogens (tertiary/aromatic N) is 4. The molecule has 4 nitrogen and oxygen atoms in total. The summed E-state index contributed by atoms with van der Waals surface area (Å²) in [6.07, 6.45) is 0. The highest BCUT2D eigenvalue weighted by Crippen LogP contribution is 2.57. The first-order chi connectivity index (χ1) is 56.8. The minimum absolute atomic E-state index is 0.263. The molecule has 0 N–H and O–H groups in total. The van der Waals surface area contributed by atoms with Gasteiger partial charge in [0.2, 0.25) is 0 Å². The second-order valence-corrected chi connectivity index (χ2v) is 34.6. The van der Waals surface area contributed by atoms with Crippen LogP contribution in [0.25, 0.3) is 153 Å². The molecule has 0 bridgehead atoms. The average molecular weight is 1500 g/mol. The van der Waals surface area contributed by atoms with E-state index < -0.39 is 0 Å². The van der Waals surface area contributed by atoms with Gasteiger partial charge in [0, 0.05) is 98.1 Å². The van der Waals surface area contributed by atoms with Crippen LogP contribution in [-0.2, 0) is 10.8 Å². The molecule has 22 rings (SSSR count). The summed E-state index contributed by atoms with van der Waals surface area (Å²) in [5.74, 6) is 0. The number of aromatic nitrogens is 2. The molecule has 0 spiro atoms. The molecule has 0 aliphatic carbocycles. The van der Waals surface area contributed by atoms with Crippen LogP contribution >= 0.6 is 11.3 Å². The zero-order valence-electron chi connectivity index (χ0n) is 65.6. The Balaban J connectivity index is 0.980. The Hall–Kier alpha value is -13.8. The van der Waals surface area contributed by atoms with Crippen LogP contribution in [0.2, 0.25) is 0 Å². The lowest BCUT2D eigenvalue weighted by molar-refractivity contribution is 0.590. The number of fused-ring (bicyclic) bond motifs is 13. The lowest BCUT2D eigenvalue weighted by Gasteiger charge is -2.46. The van der Waals surface area contributed by atoms with Crippen molar-refractivity contribution in [2.45, 2.75) is 52.4 Å². The normalized spacial score (nSPS) is 12.7. The Morgan fingerprint density at radius 1 is 0.241 bits per heavy atom. The maximum absolute atomic E-state index is 2.78. The fourth-order valence-corrected chi connectivity index (χ4v) is 20.2. The second kappa shape index (κ2) is 27.0. The van der Waals surface area contributed by atoms with Crippen molar-refractivity contribution in [3.63, 3.8) is 0 Å². The quantitative estimate of drug-likeness (QED) is 0.120. The summed E-state index contributed by atoms with van der Waals surface area (Å²) in [7, 11) is 0. The summed E-state index contributed by atoms with van der Waals surface area (Å²) in [6, 6.07) is 145. The van der Waals surface area contributed by atoms with Crippen LogP contribution in [0.4, 0.5) is 34.1 Å². The number of thiophene rings is 1. The average Bonchev–Trinajstić information content (AvgIpc) is 1.06. The maximum Gasteiger partial charge on any atom is 0.252 e. The Kier molecular flexibility index (Phi) is 16.0. The third-order valence-corrected chi connectivity index (χ3v) is 25.7. The van der Waals surface area contributed by atoms with E-state index in [2.05, 4.69) is 443 Å². The first-order valence-corrected chi connectivity index (χ1v) is 41.4. The highest BCUT2D eigenvalue weighted by Gasteiger charge is 2.47. The number of para-hydroxylation sites is 4. The summed E-state index contributed by atoms with van der Waals surface area (Å²) >= 11 is 1.90. The Morgan fingerprint density at radius 2 is 0.595 bits per heavy atom. The molecular weight excluding hydrogens is 1420 g/mol. The molecule has 3 aromatic heterocycles. The predicted molar refractivity (Wildman–Crippen MR) is 497 cm³/mol. The summed E-state index contributed by atoms with van der Waals surface area (Å²) in [5.41, 5.74) is 35.2. The van der Waals surface area contributed by atoms with Crippen molar-refractivity contribution in [3.8, 4) is 89.3 Å². The van der Waals surface area contributed by atoms with Crippen LogP contribution in [0, 0.1) is 0 Å². The summed E-state index contributed by atoms with van der Waals surface area (Å²) in [6.45, 7) is 13.9. The molecule has 2 aliphatic rings. The molecule has 6 heteroatoms. The number of benzene rings is 17. The van der Waals surface area contributed by atoms with E-state index in [9.17, 15) is 0 Å². The number of hydrogen-bond donors (Lipinski definition) is 0. The van der Waals surface area contributed by atoms with Gasteiger partial charge in [0.15, 0.2) is 0 Å². The largest absolute Gasteiger partial charge is 0.310 e. The minimum atomic E-state index is -0.372. The zero-order valence-corrected chi connectivity index (χ0v) is 66.5. The van der Waals surface area contributed by atoms with Gasteiger partial charge in [-0.25, -0.2) is 0 Å². The first kappa shape index (κ1) is 69.0. The molecule has 0 fully saturated rings. The van der Waals surface area contributed by atoms with Crippen LogP contribution in [0.5, 0.6) is 0 Å². The number of hydrogen-bond acceptors (Lipinski definition) is 3. The van der Waals surface area contributed by atoms with Crippen LogP contribution < -0.4 is 26.2 Å². The predicted octanol–water partition coefficient (Wildman–Crippen LogP) is 28.6. The van der Waals surface area contributed by atoms with Gasteiger partial charge in [0.1, 0.15) is 0 Å². The molecule has 0 radical (unpaired) electrons. The third kappa shape index (κ3) is 11.2. The van der Waals surface area contributed by atoms with E-state index in [1.54, 1.807) is 0 Å². The molecule has 550 valence electrons. The van der Waals surface area contributed by atoms with Crippen molar-refractivity contribution < 1.29 is 0 Å². The van der Waals surface area contributed by atoms with Crippen LogP contribution in [0.3, 0.4) is 0 Å². The molecule has 0 amide bonds. The van der Waals surface area contributed by atoms with Gasteiger partial charge in [-0.05, 0) is 209 Å². The third-order valence-electron chi connectivity index (χ3n) is 24.5. The lowest BCUT2D eigenvalue weighted by atomic mass is 9.33. The van der Waals surface area contributed by atoms with E-state index in [1.807, 2.05) is 11.3 Å². The van der Waals surface area contributed by atoms with Crippen molar-refractivity contribution in [1.82, 2.24) is 9.13 Å². The SMILES string of the molecule is CC(C)(C)c1cc(-c2ccccc2)c(N2c3cc4c5ccccc5n(-c5ccccc5)c4cc3B3c4cc5c(cc4N(c4c(-c6ccccc6)cc(C(C)(C)C)cc4-c4cccc(-c6ccccc6)c4)c4cc(-c6cccc7c6sc6ccccc67)cc2c43)c2ccccc2n5-c2ccccc2)c(-c2cccc(-c3ccccc3)c2)c1. The fourth-order valence-electron chi connectivity index (χ4n) is 19.0. The van der Waals surface area contributed by atoms with Gasteiger partial charge in [-0.1, -0.05) is 308 Å². The number of rotatable bonds is 11. The monoisotopic (exact) mass is 1500 g/mol. The van der Waals surface area contributed by atoms with Gasteiger partial charge in [-0.15, -0.1) is 11.3 Å². The van der Waals surface area contributed by atoms with E-state index in [0.717, 1.165) is 129 Å². The van der Waals surface area contributed by atoms with Crippen LogP contribution in [-0.4, -0.2) is 15.8 Å². The van der Waals surface area contributed by atoms with Gasteiger partial charge >= 0.3 is 0 Å².